The predicted octanol–water partition coefficient (Wildman–Crippen LogP) is 10.8. The van der Waals surface area contributed by atoms with Crippen molar-refractivity contribution in [2.24, 2.45) is 0 Å². The average molecular weight is 852 g/mol. The molecule has 0 amide bonds. The minimum absolute atomic E-state index is 0. The second-order valence-electron chi connectivity index (χ2n) is 12.7. The molecule has 51 heavy (non-hydrogen) atoms. The molecule has 254 valence electrons. The second-order valence-corrected chi connectivity index (χ2v) is 12.7. The van der Waals surface area contributed by atoms with Crippen molar-refractivity contribution in [2.75, 3.05) is 22.9 Å². The van der Waals surface area contributed by atoms with Gasteiger partial charge in [0.25, 0.3) is 0 Å². The van der Waals surface area contributed by atoms with Crippen LogP contribution in [0.1, 0.15) is 47.5 Å². The number of aromatic nitrogens is 2. The molecule has 2 aliphatic rings. The van der Waals surface area contributed by atoms with Crippen LogP contribution in [0.25, 0.3) is 27.1 Å². The number of nitrogens with zero attached hydrogens (tertiary/aromatic N) is 5. The summed E-state index contributed by atoms with van der Waals surface area (Å²) in [6, 6.07) is 23.4. The molecule has 0 radical (unpaired) electrons. The Morgan fingerprint density at radius 2 is 1.53 bits per heavy atom. The van der Waals surface area contributed by atoms with Gasteiger partial charge in [0.05, 0.1) is 19.1 Å². The molecule has 0 unspecified atom stereocenters. The van der Waals surface area contributed by atoms with Crippen molar-refractivity contribution in [3.63, 3.8) is 0 Å². The topological polar surface area (TPSA) is 45.9 Å². The number of aryl methyl sites for hydroxylation is 2. The van der Waals surface area contributed by atoms with Gasteiger partial charge < -0.3 is 14.5 Å². The summed E-state index contributed by atoms with van der Waals surface area (Å²) in [5.41, 5.74) is 9.65. The minimum atomic E-state index is -0.432. The van der Waals surface area contributed by atoms with E-state index in [0.29, 0.717) is 47.2 Å². The zero-order valence-electron chi connectivity index (χ0n) is 33.6. The summed E-state index contributed by atoms with van der Waals surface area (Å²) in [5.74, 6) is 2.40. The van der Waals surface area contributed by atoms with E-state index in [2.05, 4.69) is 53.1 Å². The SMILES string of the molecule is [2H]c1c([2H])c([2H])c(-c2cnc(N3CCCc4c3[c-]c(Oc3[c-]c5c(cc3)CCCN5c3cc(C)c(-c5ccccc5)cn3)cc4[N+]#[C-])c(C)c2C)c([2H])c1[2H].[Pt+2]. The standard InChI is InChI=1S/C44H37N5O.Pt/c1-29-23-43(46-27-38(29)32-13-7-5-8-14-32)48-21-11-17-34-19-20-35(25-41(34)48)50-36-24-40(45-4)37-18-12-22-49(42(37)26-36)44-31(3)30(2)39(28-47-44)33-15-9-6-10-16-33;/h5-10,13-16,19-20,23-24,27-28H,11-12,17-18,21-22H2,1-3H3;/q-2;+2/i6D,9D,10D,15D,16D;. The molecule has 0 N–H and O–H groups in total. The monoisotopic (exact) mass is 851 g/mol. The molecule has 4 heterocycles. The van der Waals surface area contributed by atoms with Gasteiger partial charge in [-0.1, -0.05) is 84.8 Å². The Balaban J connectivity index is 0.00000480. The molecule has 2 aromatic heterocycles. The first kappa shape index (κ1) is 28.5. The van der Waals surface area contributed by atoms with Crippen molar-refractivity contribution in [1.29, 1.82) is 0 Å². The normalized spacial score (nSPS) is 14.8. The molecular formula is C44H37N5OPt. The number of ether oxygens (including phenoxy) is 1. The summed E-state index contributed by atoms with van der Waals surface area (Å²) in [6.07, 6.45) is 6.93. The number of hydrogen-bond donors (Lipinski definition) is 0. The molecule has 0 atom stereocenters. The van der Waals surface area contributed by atoms with E-state index in [9.17, 15) is 0 Å². The van der Waals surface area contributed by atoms with E-state index in [1.54, 1.807) is 12.3 Å². The van der Waals surface area contributed by atoms with Crippen LogP contribution in [0.4, 0.5) is 28.7 Å². The van der Waals surface area contributed by atoms with Crippen molar-refractivity contribution in [2.45, 2.75) is 46.5 Å². The van der Waals surface area contributed by atoms with Crippen LogP contribution in [0.3, 0.4) is 0 Å². The summed E-state index contributed by atoms with van der Waals surface area (Å²) in [6.45, 7) is 15.4. The van der Waals surface area contributed by atoms with Gasteiger partial charge in [-0.2, -0.15) is 6.07 Å². The van der Waals surface area contributed by atoms with Crippen LogP contribution in [0.2, 0.25) is 0 Å². The zero-order valence-corrected chi connectivity index (χ0v) is 30.8. The third-order valence-corrected chi connectivity index (χ3v) is 9.70. The molecule has 6 nitrogen and oxygen atoms in total. The van der Waals surface area contributed by atoms with Crippen LogP contribution in [-0.4, -0.2) is 23.1 Å². The van der Waals surface area contributed by atoms with E-state index in [-0.39, 0.29) is 50.8 Å². The van der Waals surface area contributed by atoms with Crippen molar-refractivity contribution in [1.82, 2.24) is 9.97 Å². The van der Waals surface area contributed by atoms with Crippen LogP contribution >= 0.6 is 0 Å². The zero-order chi connectivity index (χ0) is 38.5. The maximum Gasteiger partial charge on any atom is 2.00 e. The van der Waals surface area contributed by atoms with E-state index < -0.39 is 6.04 Å². The fraction of sp³-hybridized carbons (Fsp3) is 0.205. The molecule has 0 spiro atoms. The number of benzene rings is 4. The largest absolute Gasteiger partial charge is 2.00 e. The minimum Gasteiger partial charge on any atom is -0.510 e. The van der Waals surface area contributed by atoms with Gasteiger partial charge in [-0.15, -0.1) is 35.4 Å². The molecule has 0 saturated carbocycles. The van der Waals surface area contributed by atoms with Gasteiger partial charge >= 0.3 is 21.1 Å². The van der Waals surface area contributed by atoms with Gasteiger partial charge in [-0.3, -0.25) is 4.85 Å². The van der Waals surface area contributed by atoms with Gasteiger partial charge in [0.2, 0.25) is 0 Å². The number of anilines is 4. The molecule has 0 fully saturated rings. The van der Waals surface area contributed by atoms with Gasteiger partial charge in [0, 0.05) is 48.1 Å². The van der Waals surface area contributed by atoms with Crippen molar-refractivity contribution < 1.29 is 32.7 Å². The van der Waals surface area contributed by atoms with Crippen LogP contribution in [-0.2, 0) is 33.9 Å². The Morgan fingerprint density at radius 3 is 2.31 bits per heavy atom. The molecule has 4 aromatic carbocycles. The quantitative estimate of drug-likeness (QED) is 0.156. The Hall–Kier alpha value is -5.24. The summed E-state index contributed by atoms with van der Waals surface area (Å²) >= 11 is 0. The average Bonchev–Trinajstić information content (AvgIpc) is 3.20. The molecule has 8 rings (SSSR count). The molecule has 2 aliphatic heterocycles. The Bertz CT molecular complexity index is 2530. The smallest absolute Gasteiger partial charge is 0.510 e. The van der Waals surface area contributed by atoms with Crippen molar-refractivity contribution in [3.05, 3.63) is 149 Å². The first-order valence-corrected chi connectivity index (χ1v) is 16.9. The summed E-state index contributed by atoms with van der Waals surface area (Å²) in [5, 5.41) is 0. The van der Waals surface area contributed by atoms with E-state index in [4.69, 9.17) is 28.1 Å². The Morgan fingerprint density at radius 1 is 0.784 bits per heavy atom. The van der Waals surface area contributed by atoms with Gasteiger partial charge in [-0.25, -0.2) is 9.97 Å². The predicted molar refractivity (Wildman–Crippen MR) is 201 cm³/mol. The summed E-state index contributed by atoms with van der Waals surface area (Å²) < 4.78 is 47.9. The molecular weight excluding hydrogens is 810 g/mol. The summed E-state index contributed by atoms with van der Waals surface area (Å²) in [4.78, 5) is 17.8. The van der Waals surface area contributed by atoms with Crippen molar-refractivity contribution in [3.8, 4) is 33.8 Å². The van der Waals surface area contributed by atoms with Gasteiger partial charge in [0.15, 0.2) is 0 Å². The number of rotatable bonds is 6. The third-order valence-electron chi connectivity index (χ3n) is 9.70. The van der Waals surface area contributed by atoms with Crippen LogP contribution in [0, 0.1) is 39.5 Å². The first-order chi connectivity index (χ1) is 26.5. The van der Waals surface area contributed by atoms with Crippen LogP contribution in [0.5, 0.6) is 11.5 Å². The number of fused-ring (bicyclic) bond motifs is 2. The second kappa shape index (κ2) is 14.5. The number of hydrogen-bond acceptors (Lipinski definition) is 5. The van der Waals surface area contributed by atoms with Crippen LogP contribution in [0.15, 0.2) is 97.2 Å². The third kappa shape index (κ3) is 6.55. The fourth-order valence-electron chi connectivity index (χ4n) is 7.02. The van der Waals surface area contributed by atoms with E-state index >= 15 is 0 Å². The Kier molecular flexibility index (Phi) is 8.12. The molecule has 7 heteroatoms. The molecule has 0 aliphatic carbocycles. The molecule has 0 saturated heterocycles. The number of pyridine rings is 2. The maximum absolute atomic E-state index is 8.53. The van der Waals surface area contributed by atoms with E-state index in [1.807, 2.05) is 49.2 Å². The molecule has 0 bridgehead atoms. The van der Waals surface area contributed by atoms with E-state index in [0.717, 1.165) is 76.3 Å². The van der Waals surface area contributed by atoms with Gasteiger partial charge in [-0.05, 0) is 67.5 Å². The summed E-state index contributed by atoms with van der Waals surface area (Å²) in [7, 11) is 0. The molecule has 6 aromatic rings. The first-order valence-electron chi connectivity index (χ1n) is 19.4. The van der Waals surface area contributed by atoms with Crippen LogP contribution < -0.4 is 14.5 Å². The van der Waals surface area contributed by atoms with E-state index in [1.165, 1.54) is 0 Å². The van der Waals surface area contributed by atoms with Crippen molar-refractivity contribution >= 4 is 28.7 Å². The maximum atomic E-state index is 8.53. The fourth-order valence-corrected chi connectivity index (χ4v) is 7.02. The van der Waals surface area contributed by atoms with Gasteiger partial charge in [0.1, 0.15) is 11.6 Å². The Labute approximate surface area is 321 Å².